The minimum Gasteiger partial charge on any atom is -0.458 e. The van der Waals surface area contributed by atoms with Crippen molar-refractivity contribution in [2.75, 3.05) is 59.4 Å². The van der Waals surface area contributed by atoms with Gasteiger partial charge in [0.05, 0.1) is 55.2 Å². The Balaban J connectivity index is 0.698. The van der Waals surface area contributed by atoms with E-state index in [0.29, 0.717) is 62.1 Å². The van der Waals surface area contributed by atoms with Gasteiger partial charge in [0.15, 0.2) is 5.60 Å². The maximum atomic E-state index is 14.0. The number of ether oxygens (including phenoxy) is 3. The molecular weight excluding hydrogens is 1090 g/mol. The summed E-state index contributed by atoms with van der Waals surface area (Å²) in [7, 11) is 0. The van der Waals surface area contributed by atoms with Gasteiger partial charge in [0.2, 0.25) is 41.4 Å². The van der Waals surface area contributed by atoms with Crippen molar-refractivity contribution in [2.24, 2.45) is 0 Å². The van der Waals surface area contributed by atoms with E-state index in [9.17, 15) is 57.8 Å². The maximum Gasteiger partial charge on any atom is 0.343 e. The highest BCUT2D eigenvalue weighted by Gasteiger charge is 2.45. The number of carbonyl (C=O) groups is 10. The Hall–Kier alpha value is -9.20. The molecule has 0 saturated carbocycles. The highest BCUT2D eigenvalue weighted by atomic mass is 16.6. The third kappa shape index (κ3) is 15.3. The standard InChI is InChI=1S/C59H66N10O15/c1-2-59(81)42-26-45-55-40(31-69(45)57(79)41(42)32-84-58(59)80)39(54-38-16-9-8-15-37(38)19-20-43(54)67-55)17-10-12-24-82-34-64-48(72)28-62-51(75)33-83-35-65-49(73)29-63-56(78)44(25-36-13-5-3-6-14-36)66-50(74)30-61-47(71)27-60-46(70)18-7-4-11-23-68-52(76)21-22-53(68)77/h3,5-6,8-9,13-16,19-22,26,44,81H,2,4,7,10-12,17-18,23-25,27-35H2,1H3,(H,60,70)(H,61,71)(H,62,75)(H,63,78)(H,64,72)(H,65,73)(H,66,74)/t44-,59-/m0/s1. The van der Waals surface area contributed by atoms with Gasteiger partial charge in [-0.25, -0.2) is 9.78 Å². The van der Waals surface area contributed by atoms with Crippen LogP contribution in [0.3, 0.4) is 0 Å². The van der Waals surface area contributed by atoms with Crippen LogP contribution in [-0.4, -0.2) is 144 Å². The Bertz CT molecular complexity index is 3440. The molecule has 8 rings (SSSR count). The second kappa shape index (κ2) is 28.7. The number of carbonyl (C=O) groups excluding carboxylic acids is 10. The summed E-state index contributed by atoms with van der Waals surface area (Å²) >= 11 is 0. The second-order valence-electron chi connectivity index (χ2n) is 20.2. The van der Waals surface area contributed by atoms with Gasteiger partial charge in [-0.15, -0.1) is 0 Å². The summed E-state index contributed by atoms with van der Waals surface area (Å²) < 4.78 is 17.8. The van der Waals surface area contributed by atoms with Gasteiger partial charge in [0, 0.05) is 54.7 Å². The first kappa shape index (κ1) is 60.9. The molecule has 5 aromatic rings. The first-order valence-electron chi connectivity index (χ1n) is 27.7. The number of rotatable bonds is 30. The van der Waals surface area contributed by atoms with Crippen molar-refractivity contribution in [2.45, 2.75) is 89.5 Å². The minimum absolute atomic E-state index is 0.0313. The third-order valence-corrected chi connectivity index (χ3v) is 14.5. The number of amides is 9. The molecule has 3 aromatic carbocycles. The summed E-state index contributed by atoms with van der Waals surface area (Å²) in [5, 5.41) is 31.6. The summed E-state index contributed by atoms with van der Waals surface area (Å²) in [5.41, 5.74) is 2.69. The van der Waals surface area contributed by atoms with E-state index in [2.05, 4.69) is 37.2 Å². The van der Waals surface area contributed by atoms with Crippen molar-refractivity contribution >= 4 is 80.8 Å². The number of cyclic esters (lactones) is 1. The van der Waals surface area contributed by atoms with Crippen LogP contribution in [0.25, 0.3) is 33.1 Å². The minimum atomic E-state index is -1.95. The van der Waals surface area contributed by atoms with Crippen LogP contribution >= 0.6 is 0 Å². The summed E-state index contributed by atoms with van der Waals surface area (Å²) in [5.74, 6) is -5.85. The van der Waals surface area contributed by atoms with Crippen LogP contribution in [0, 0.1) is 0 Å². The molecule has 5 heterocycles. The zero-order valence-electron chi connectivity index (χ0n) is 46.3. The summed E-state index contributed by atoms with van der Waals surface area (Å²) in [4.78, 5) is 144. The molecule has 84 heavy (non-hydrogen) atoms. The van der Waals surface area contributed by atoms with E-state index >= 15 is 0 Å². The number of hydrogen-bond acceptors (Lipinski definition) is 16. The van der Waals surface area contributed by atoms with Gasteiger partial charge >= 0.3 is 5.97 Å². The van der Waals surface area contributed by atoms with Crippen LogP contribution < -0.4 is 42.8 Å². The second-order valence-corrected chi connectivity index (χ2v) is 20.2. The van der Waals surface area contributed by atoms with E-state index in [0.717, 1.165) is 37.7 Å². The molecule has 0 spiro atoms. The molecule has 2 aromatic heterocycles. The normalized spacial score (nSPS) is 15.2. The Morgan fingerprint density at radius 1 is 0.702 bits per heavy atom. The summed E-state index contributed by atoms with van der Waals surface area (Å²) in [6.07, 6.45) is 6.06. The molecule has 0 radical (unpaired) electrons. The van der Waals surface area contributed by atoms with Gasteiger partial charge < -0.3 is 61.1 Å². The lowest BCUT2D eigenvalue weighted by atomic mass is 9.86. The first-order chi connectivity index (χ1) is 40.5. The predicted octanol–water partition coefficient (Wildman–Crippen LogP) is 0.414. The molecule has 9 amide bonds. The molecule has 0 bridgehead atoms. The monoisotopic (exact) mass is 1150 g/mol. The lowest BCUT2D eigenvalue weighted by Gasteiger charge is -2.31. The molecule has 0 aliphatic carbocycles. The molecule has 2 atom stereocenters. The highest BCUT2D eigenvalue weighted by Crippen LogP contribution is 2.42. The van der Waals surface area contributed by atoms with Crippen LogP contribution in [0.5, 0.6) is 0 Å². The van der Waals surface area contributed by atoms with Crippen molar-refractivity contribution in [3.8, 4) is 11.4 Å². The number of hydrogen-bond donors (Lipinski definition) is 8. The molecule has 442 valence electrons. The fourth-order valence-electron chi connectivity index (χ4n) is 10.0. The van der Waals surface area contributed by atoms with Gasteiger partial charge in [0.1, 0.15) is 32.7 Å². The van der Waals surface area contributed by atoms with Crippen LogP contribution in [0.15, 0.2) is 89.7 Å². The van der Waals surface area contributed by atoms with Crippen molar-refractivity contribution in [1.29, 1.82) is 0 Å². The number of unbranched alkanes of at least 4 members (excludes halogenated alkanes) is 3. The van der Waals surface area contributed by atoms with Crippen LogP contribution in [0.1, 0.15) is 79.7 Å². The van der Waals surface area contributed by atoms with Crippen molar-refractivity contribution in [3.63, 3.8) is 0 Å². The van der Waals surface area contributed by atoms with Crippen LogP contribution in [-0.2, 0) is 93.8 Å². The number of esters is 1. The Kier molecular flexibility index (Phi) is 20.8. The van der Waals surface area contributed by atoms with E-state index in [-0.39, 0.29) is 80.7 Å². The Morgan fingerprint density at radius 3 is 2.12 bits per heavy atom. The van der Waals surface area contributed by atoms with Gasteiger partial charge in [0.25, 0.3) is 17.4 Å². The zero-order valence-corrected chi connectivity index (χ0v) is 46.3. The highest BCUT2D eigenvalue weighted by molar-refractivity contribution is 6.13. The molecule has 25 nitrogen and oxygen atoms in total. The Labute approximate surface area is 481 Å². The van der Waals surface area contributed by atoms with Crippen LogP contribution in [0.4, 0.5) is 0 Å². The fourth-order valence-corrected chi connectivity index (χ4v) is 10.0. The van der Waals surface area contributed by atoms with Gasteiger partial charge in [-0.2, -0.15) is 0 Å². The van der Waals surface area contributed by atoms with Crippen LogP contribution in [0.2, 0.25) is 0 Å². The summed E-state index contributed by atoms with van der Waals surface area (Å²) in [6, 6.07) is 21.3. The average Bonchev–Trinajstić information content (AvgIpc) is 1.53. The van der Waals surface area contributed by atoms with Crippen molar-refractivity contribution in [1.82, 2.24) is 51.7 Å². The van der Waals surface area contributed by atoms with Crippen molar-refractivity contribution in [3.05, 3.63) is 123 Å². The van der Waals surface area contributed by atoms with Gasteiger partial charge in [-0.1, -0.05) is 74.0 Å². The van der Waals surface area contributed by atoms with E-state index in [1.165, 1.54) is 12.2 Å². The lowest BCUT2D eigenvalue weighted by Crippen LogP contribution is -2.52. The molecule has 25 heteroatoms. The Morgan fingerprint density at radius 2 is 1.37 bits per heavy atom. The molecule has 0 saturated heterocycles. The van der Waals surface area contributed by atoms with E-state index in [1.807, 2.05) is 36.4 Å². The number of fused-ring (bicyclic) bond motifs is 7. The third-order valence-electron chi connectivity index (χ3n) is 14.5. The number of aromatic nitrogens is 2. The lowest BCUT2D eigenvalue weighted by molar-refractivity contribution is -0.172. The molecule has 8 N–H and O–H groups in total. The topological polar surface area (TPSA) is 341 Å². The van der Waals surface area contributed by atoms with E-state index in [1.54, 1.807) is 47.9 Å². The molecular formula is C59H66N10O15. The molecule has 3 aliphatic rings. The number of aliphatic hydroxyl groups is 1. The SMILES string of the molecule is CC[C@@]1(O)C(=O)OCc2c1cc1n(c2=O)Cc2c-1nc1ccc3ccccc3c1c2CCCCOCNC(=O)CNC(=O)COCNC(=O)CNC(=O)[C@H](Cc1ccccc1)NC(=O)CNC(=O)CNC(=O)CCCCCN1C(=O)C=CC1=O. The number of pyridine rings is 2. The smallest absolute Gasteiger partial charge is 0.343 e. The van der Waals surface area contributed by atoms with E-state index in [4.69, 9.17) is 19.2 Å². The zero-order chi connectivity index (χ0) is 59.8. The number of nitrogens with one attached hydrogen (secondary N) is 7. The first-order valence-corrected chi connectivity index (χ1v) is 27.7. The average molecular weight is 1160 g/mol. The van der Waals surface area contributed by atoms with Crippen molar-refractivity contribution < 1.29 is 67.3 Å². The van der Waals surface area contributed by atoms with Gasteiger partial charge in [-0.3, -0.25) is 52.8 Å². The molecule has 3 aliphatic heterocycles. The number of benzene rings is 3. The fraction of sp³-hybridized carbons (Fsp3) is 0.390. The number of aryl methyl sites for hydroxylation is 1. The van der Waals surface area contributed by atoms with E-state index < -0.39 is 91.9 Å². The summed E-state index contributed by atoms with van der Waals surface area (Å²) in [6.45, 7) is -0.611. The largest absolute Gasteiger partial charge is 0.458 e. The molecule has 0 unspecified atom stereocenters. The number of nitrogens with zero attached hydrogens (tertiary/aromatic N) is 3. The predicted molar refractivity (Wildman–Crippen MR) is 301 cm³/mol. The maximum absolute atomic E-state index is 14.0. The quantitative estimate of drug-likeness (QED) is 0.00996. The van der Waals surface area contributed by atoms with Gasteiger partial charge in [-0.05, 0) is 72.6 Å². The number of imide groups is 1. The molecule has 0 fully saturated rings.